The molecule has 2 heterocycles. The number of fused-ring (bicyclic) bond motifs is 1. The molecule has 24 heavy (non-hydrogen) atoms. The van der Waals surface area contributed by atoms with Gasteiger partial charge in [-0.1, -0.05) is 36.8 Å². The van der Waals surface area contributed by atoms with Crippen LogP contribution in [0.15, 0.2) is 36.4 Å². The number of rotatable bonds is 3. The maximum atomic E-state index is 12.8. The summed E-state index contributed by atoms with van der Waals surface area (Å²) >= 11 is 1.19. The van der Waals surface area contributed by atoms with Crippen LogP contribution in [0.3, 0.4) is 0 Å². The molecule has 5 nitrogen and oxygen atoms in total. The summed E-state index contributed by atoms with van der Waals surface area (Å²) in [4.78, 5) is 26.8. The summed E-state index contributed by atoms with van der Waals surface area (Å²) in [6, 6.07) is 11.6. The van der Waals surface area contributed by atoms with Crippen LogP contribution in [0.5, 0.6) is 0 Å². The van der Waals surface area contributed by atoms with Crippen molar-refractivity contribution in [1.82, 2.24) is 9.27 Å². The predicted molar refractivity (Wildman–Crippen MR) is 90.9 cm³/mol. The van der Waals surface area contributed by atoms with E-state index < -0.39 is 11.4 Å². The van der Waals surface area contributed by atoms with Crippen molar-refractivity contribution in [2.75, 3.05) is 13.1 Å². The molecule has 1 amide bonds. The Morgan fingerprint density at radius 1 is 1.29 bits per heavy atom. The molecule has 2 aromatic rings. The van der Waals surface area contributed by atoms with Crippen molar-refractivity contribution in [2.24, 2.45) is 11.3 Å². The van der Waals surface area contributed by atoms with E-state index in [-0.39, 0.29) is 11.8 Å². The lowest BCUT2D eigenvalue weighted by atomic mass is 9.81. The van der Waals surface area contributed by atoms with E-state index >= 15 is 0 Å². The third kappa shape index (κ3) is 2.33. The van der Waals surface area contributed by atoms with Crippen LogP contribution in [0.4, 0.5) is 0 Å². The second kappa shape index (κ2) is 5.70. The minimum Gasteiger partial charge on any atom is -0.481 e. The molecule has 2 aliphatic rings. The lowest BCUT2D eigenvalue weighted by molar-refractivity contribution is -0.149. The standard InChI is InChI=1S/C18H18N2O3S/c21-16(15-9-14(19-24-15)12-5-2-1-3-6-12)20-10-13-7-4-8-18(13,11-20)17(22)23/h1-3,5-6,9,13H,4,7-8,10-11H2,(H,22,23)/t13-,18+/m0/s1. The first kappa shape index (κ1) is 15.3. The van der Waals surface area contributed by atoms with Crippen LogP contribution >= 0.6 is 11.5 Å². The summed E-state index contributed by atoms with van der Waals surface area (Å²) in [5.74, 6) is -0.764. The number of aromatic nitrogens is 1. The van der Waals surface area contributed by atoms with Crippen molar-refractivity contribution in [3.05, 3.63) is 41.3 Å². The number of carboxylic acids is 1. The molecule has 6 heteroatoms. The molecule has 1 saturated carbocycles. The highest BCUT2D eigenvalue weighted by Crippen LogP contribution is 2.49. The number of hydrogen-bond donors (Lipinski definition) is 1. The van der Waals surface area contributed by atoms with Gasteiger partial charge in [0.2, 0.25) is 0 Å². The molecule has 1 aromatic carbocycles. The second-order valence-electron chi connectivity index (χ2n) is 6.68. The van der Waals surface area contributed by atoms with E-state index in [9.17, 15) is 14.7 Å². The Labute approximate surface area is 144 Å². The zero-order valence-electron chi connectivity index (χ0n) is 13.1. The van der Waals surface area contributed by atoms with Gasteiger partial charge in [0.25, 0.3) is 5.91 Å². The first-order chi connectivity index (χ1) is 11.6. The van der Waals surface area contributed by atoms with Crippen molar-refractivity contribution in [1.29, 1.82) is 0 Å². The van der Waals surface area contributed by atoms with Crippen molar-refractivity contribution in [2.45, 2.75) is 19.3 Å². The molecule has 0 bridgehead atoms. The van der Waals surface area contributed by atoms with Gasteiger partial charge in [-0.05, 0) is 36.4 Å². The number of carbonyl (C=O) groups is 2. The average Bonchev–Trinajstić information content (AvgIpc) is 3.29. The van der Waals surface area contributed by atoms with Crippen LogP contribution in [-0.2, 0) is 4.79 Å². The van der Waals surface area contributed by atoms with E-state index in [0.29, 0.717) is 24.4 Å². The highest BCUT2D eigenvalue weighted by atomic mass is 32.1. The molecule has 4 rings (SSSR count). The Morgan fingerprint density at radius 2 is 2.08 bits per heavy atom. The molecule has 1 saturated heterocycles. The fraction of sp³-hybridized carbons (Fsp3) is 0.389. The molecule has 1 aliphatic heterocycles. The van der Waals surface area contributed by atoms with Gasteiger partial charge in [-0.25, -0.2) is 0 Å². The summed E-state index contributed by atoms with van der Waals surface area (Å²) in [6.45, 7) is 0.869. The zero-order valence-corrected chi connectivity index (χ0v) is 14.0. The zero-order chi connectivity index (χ0) is 16.7. The number of carbonyl (C=O) groups excluding carboxylic acids is 1. The Kier molecular flexibility index (Phi) is 3.64. The Balaban J connectivity index is 1.55. The van der Waals surface area contributed by atoms with E-state index in [1.54, 1.807) is 4.90 Å². The molecule has 1 N–H and O–H groups in total. The fourth-order valence-electron chi connectivity index (χ4n) is 4.07. The third-order valence-corrected chi connectivity index (χ3v) is 6.15. The molecule has 0 radical (unpaired) electrons. The van der Waals surface area contributed by atoms with E-state index in [1.807, 2.05) is 36.4 Å². The fourth-order valence-corrected chi connectivity index (χ4v) is 4.80. The number of nitrogens with zero attached hydrogens (tertiary/aromatic N) is 2. The molecule has 124 valence electrons. The maximum absolute atomic E-state index is 12.8. The minimum absolute atomic E-state index is 0.0838. The molecular formula is C18H18N2O3S. The molecule has 2 fully saturated rings. The van der Waals surface area contributed by atoms with Crippen molar-refractivity contribution < 1.29 is 14.7 Å². The SMILES string of the molecule is O=C(c1cc(-c2ccccc2)ns1)N1C[C@@H]2CCC[C@@]2(C(=O)O)C1. The quantitative estimate of drug-likeness (QED) is 0.930. The normalized spacial score (nSPS) is 25.7. The summed E-state index contributed by atoms with van der Waals surface area (Å²) in [6.07, 6.45) is 2.51. The smallest absolute Gasteiger partial charge is 0.311 e. The summed E-state index contributed by atoms with van der Waals surface area (Å²) < 4.78 is 4.38. The largest absolute Gasteiger partial charge is 0.481 e. The molecular weight excluding hydrogens is 324 g/mol. The lowest BCUT2D eigenvalue weighted by Crippen LogP contribution is -2.37. The lowest BCUT2D eigenvalue weighted by Gasteiger charge is -2.23. The van der Waals surface area contributed by atoms with Crippen LogP contribution in [0.2, 0.25) is 0 Å². The average molecular weight is 342 g/mol. The van der Waals surface area contributed by atoms with Gasteiger partial charge < -0.3 is 10.0 Å². The Morgan fingerprint density at radius 3 is 2.79 bits per heavy atom. The van der Waals surface area contributed by atoms with Gasteiger partial charge in [0.1, 0.15) is 4.88 Å². The van der Waals surface area contributed by atoms with Crippen LogP contribution < -0.4 is 0 Å². The minimum atomic E-state index is -0.755. The highest BCUT2D eigenvalue weighted by molar-refractivity contribution is 7.08. The molecule has 0 spiro atoms. The number of aliphatic carboxylic acids is 1. The van der Waals surface area contributed by atoms with Gasteiger partial charge in [0.05, 0.1) is 11.1 Å². The van der Waals surface area contributed by atoms with Crippen LogP contribution in [-0.4, -0.2) is 39.3 Å². The molecule has 1 aliphatic carbocycles. The van der Waals surface area contributed by atoms with Gasteiger partial charge in [-0.15, -0.1) is 0 Å². The van der Waals surface area contributed by atoms with Crippen molar-refractivity contribution in [3.63, 3.8) is 0 Å². The van der Waals surface area contributed by atoms with Gasteiger partial charge in [0, 0.05) is 18.7 Å². The number of amides is 1. The summed E-state index contributed by atoms with van der Waals surface area (Å²) in [7, 11) is 0. The van der Waals surface area contributed by atoms with E-state index in [2.05, 4.69) is 4.37 Å². The molecule has 1 aromatic heterocycles. The van der Waals surface area contributed by atoms with E-state index in [4.69, 9.17) is 0 Å². The number of likely N-dealkylation sites (tertiary alicyclic amines) is 1. The summed E-state index contributed by atoms with van der Waals surface area (Å²) in [5.41, 5.74) is 1.03. The van der Waals surface area contributed by atoms with Gasteiger partial charge in [-0.3, -0.25) is 9.59 Å². The van der Waals surface area contributed by atoms with Crippen LogP contribution in [0, 0.1) is 11.3 Å². The molecule has 0 unspecified atom stereocenters. The highest BCUT2D eigenvalue weighted by Gasteiger charge is 2.55. The van der Waals surface area contributed by atoms with E-state index in [0.717, 1.165) is 24.1 Å². The second-order valence-corrected chi connectivity index (χ2v) is 7.48. The van der Waals surface area contributed by atoms with Crippen LogP contribution in [0.25, 0.3) is 11.3 Å². The predicted octanol–water partition coefficient (Wildman–Crippen LogP) is 3.14. The Hall–Kier alpha value is -2.21. The maximum Gasteiger partial charge on any atom is 0.311 e. The number of carboxylic acid groups (broad SMARTS) is 1. The third-order valence-electron chi connectivity index (χ3n) is 5.37. The Bertz CT molecular complexity index is 789. The summed E-state index contributed by atoms with van der Waals surface area (Å²) in [5, 5.41) is 9.65. The van der Waals surface area contributed by atoms with Gasteiger partial charge in [0.15, 0.2) is 0 Å². The van der Waals surface area contributed by atoms with Crippen molar-refractivity contribution in [3.8, 4) is 11.3 Å². The topological polar surface area (TPSA) is 70.5 Å². The number of benzene rings is 1. The van der Waals surface area contributed by atoms with Crippen molar-refractivity contribution >= 4 is 23.4 Å². The first-order valence-corrected chi connectivity index (χ1v) is 8.92. The first-order valence-electron chi connectivity index (χ1n) is 8.15. The van der Waals surface area contributed by atoms with Crippen LogP contribution in [0.1, 0.15) is 28.9 Å². The number of hydrogen-bond acceptors (Lipinski definition) is 4. The van der Waals surface area contributed by atoms with Gasteiger partial charge >= 0.3 is 5.97 Å². The van der Waals surface area contributed by atoms with Gasteiger partial charge in [-0.2, -0.15) is 4.37 Å². The van der Waals surface area contributed by atoms with E-state index in [1.165, 1.54) is 11.5 Å². The molecule has 2 atom stereocenters. The monoisotopic (exact) mass is 342 g/mol.